The summed E-state index contributed by atoms with van der Waals surface area (Å²) >= 11 is 0. The number of halogens is 4. The van der Waals surface area contributed by atoms with Gasteiger partial charge in [-0.3, -0.25) is 0 Å². The van der Waals surface area contributed by atoms with Gasteiger partial charge in [-0.2, -0.15) is 17.6 Å². The van der Waals surface area contributed by atoms with Crippen LogP contribution >= 0.6 is 0 Å². The van der Waals surface area contributed by atoms with Gasteiger partial charge in [0, 0.05) is 35.7 Å². The van der Waals surface area contributed by atoms with Crippen LogP contribution in [-0.2, 0) is 6.18 Å². The Morgan fingerprint density at radius 2 is 1.69 bits per heavy atom. The normalized spacial score (nSPS) is 11.6. The topological polar surface area (TPSA) is 76.5 Å². The fourth-order valence-electron chi connectivity index (χ4n) is 2.74. The minimum Gasteiger partial charge on any atom is -0.323 e. The first kappa shape index (κ1) is 18.7. The molecule has 0 aliphatic heterocycles. The summed E-state index contributed by atoms with van der Waals surface area (Å²) in [6.07, 6.45) is -0.188. The third-order valence-corrected chi connectivity index (χ3v) is 4.18. The second kappa shape index (κ2) is 7.04. The molecular weight excluding hydrogens is 388 g/mol. The van der Waals surface area contributed by atoms with Gasteiger partial charge in [0.15, 0.2) is 5.65 Å². The van der Waals surface area contributed by atoms with E-state index in [0.29, 0.717) is 45.9 Å². The summed E-state index contributed by atoms with van der Waals surface area (Å²) in [7, 11) is 0. The number of alkyl halides is 3. The van der Waals surface area contributed by atoms with E-state index in [9.17, 15) is 17.6 Å². The highest BCUT2D eigenvalue weighted by Crippen LogP contribution is 2.30. The number of fused-ring (bicyclic) bond motifs is 1. The van der Waals surface area contributed by atoms with Crippen molar-refractivity contribution in [1.29, 1.82) is 0 Å². The molecule has 1 N–H and O–H groups in total. The maximum absolute atomic E-state index is 13.2. The van der Waals surface area contributed by atoms with Gasteiger partial charge in [0.2, 0.25) is 11.9 Å². The van der Waals surface area contributed by atoms with Crippen molar-refractivity contribution in [2.24, 2.45) is 0 Å². The molecule has 0 aromatic carbocycles. The van der Waals surface area contributed by atoms with E-state index in [0.717, 1.165) is 0 Å². The molecule has 4 heterocycles. The third-order valence-electron chi connectivity index (χ3n) is 4.18. The third kappa shape index (κ3) is 3.82. The molecule has 0 aliphatic rings. The van der Waals surface area contributed by atoms with Crippen LogP contribution in [0, 0.1) is 12.9 Å². The van der Waals surface area contributed by atoms with Crippen LogP contribution in [0.3, 0.4) is 0 Å². The summed E-state index contributed by atoms with van der Waals surface area (Å²) in [5.41, 5.74) is 1.90. The Morgan fingerprint density at radius 1 is 0.931 bits per heavy atom. The molecule has 6 nitrogen and oxygen atoms in total. The number of hydrogen-bond acceptors (Lipinski definition) is 6. The minimum absolute atomic E-state index is 0.00755. The first-order valence-corrected chi connectivity index (χ1v) is 8.36. The highest BCUT2D eigenvalue weighted by molar-refractivity contribution is 5.91. The average Bonchev–Trinajstić information content (AvgIpc) is 2.67. The van der Waals surface area contributed by atoms with Crippen molar-refractivity contribution >= 4 is 22.7 Å². The van der Waals surface area contributed by atoms with Crippen molar-refractivity contribution in [1.82, 2.24) is 24.9 Å². The number of nitrogens with zero attached hydrogens (tertiary/aromatic N) is 5. The van der Waals surface area contributed by atoms with Crippen molar-refractivity contribution in [2.45, 2.75) is 13.1 Å². The van der Waals surface area contributed by atoms with E-state index in [1.165, 1.54) is 18.5 Å². The first-order chi connectivity index (χ1) is 13.8. The number of aromatic nitrogens is 5. The SMILES string of the molecule is Cc1cc(F)ncc1-c1ccc2c(Nc3ncc(C(F)(F)F)cn3)ccnc2n1. The maximum atomic E-state index is 13.2. The van der Waals surface area contributed by atoms with Gasteiger partial charge in [0.05, 0.1) is 16.9 Å². The van der Waals surface area contributed by atoms with E-state index < -0.39 is 17.7 Å². The number of anilines is 2. The molecule has 146 valence electrons. The van der Waals surface area contributed by atoms with Crippen molar-refractivity contribution in [3.63, 3.8) is 0 Å². The highest BCUT2D eigenvalue weighted by Gasteiger charge is 2.31. The van der Waals surface area contributed by atoms with Gasteiger partial charge in [-0.25, -0.2) is 24.9 Å². The molecule has 0 saturated carbocycles. The Hall–Kier alpha value is -3.69. The Morgan fingerprint density at radius 3 is 2.38 bits per heavy atom. The molecule has 4 aromatic heterocycles. The van der Waals surface area contributed by atoms with Crippen molar-refractivity contribution in [3.05, 3.63) is 66.1 Å². The molecule has 0 aliphatic carbocycles. The molecule has 10 heteroatoms. The summed E-state index contributed by atoms with van der Waals surface area (Å²) < 4.78 is 51.2. The summed E-state index contributed by atoms with van der Waals surface area (Å²) in [6.45, 7) is 1.75. The molecule has 0 atom stereocenters. The fourth-order valence-corrected chi connectivity index (χ4v) is 2.74. The summed E-state index contributed by atoms with van der Waals surface area (Å²) in [5, 5.41) is 3.49. The van der Waals surface area contributed by atoms with Gasteiger partial charge in [-0.15, -0.1) is 0 Å². The fraction of sp³-hybridized carbons (Fsp3) is 0.105. The maximum Gasteiger partial charge on any atom is 0.419 e. The van der Waals surface area contributed by atoms with Crippen molar-refractivity contribution in [3.8, 4) is 11.3 Å². The van der Waals surface area contributed by atoms with Gasteiger partial charge in [-0.05, 0) is 36.8 Å². The number of pyridine rings is 3. The van der Waals surface area contributed by atoms with Gasteiger partial charge >= 0.3 is 6.18 Å². The monoisotopic (exact) mass is 400 g/mol. The average molecular weight is 400 g/mol. The summed E-state index contributed by atoms with van der Waals surface area (Å²) in [4.78, 5) is 19.8. The number of rotatable bonds is 3. The number of aryl methyl sites for hydroxylation is 1. The number of hydrogen-bond donors (Lipinski definition) is 1. The van der Waals surface area contributed by atoms with Gasteiger partial charge < -0.3 is 5.32 Å². The van der Waals surface area contributed by atoms with Gasteiger partial charge in [-0.1, -0.05) is 0 Å². The summed E-state index contributed by atoms with van der Waals surface area (Å²) in [5.74, 6) is -0.568. The first-order valence-electron chi connectivity index (χ1n) is 8.36. The standard InChI is InChI=1S/C19H12F4N6/c1-10-6-16(20)25-9-13(10)14-3-2-12-15(4-5-24-17(12)28-14)29-18-26-7-11(8-27-18)19(21,22)23/h2-9H,1H3,(H,24,26,27,28,29). The lowest BCUT2D eigenvalue weighted by molar-refractivity contribution is -0.138. The molecule has 4 aromatic rings. The highest BCUT2D eigenvalue weighted by atomic mass is 19.4. The zero-order valence-electron chi connectivity index (χ0n) is 14.9. The lowest BCUT2D eigenvalue weighted by atomic mass is 10.1. The van der Waals surface area contributed by atoms with E-state index in [-0.39, 0.29) is 5.95 Å². The minimum atomic E-state index is -4.50. The van der Waals surface area contributed by atoms with E-state index in [1.807, 2.05) is 0 Å². The van der Waals surface area contributed by atoms with Crippen molar-refractivity contribution in [2.75, 3.05) is 5.32 Å². The lowest BCUT2D eigenvalue weighted by Gasteiger charge is -2.10. The van der Waals surface area contributed by atoms with Crippen LogP contribution in [-0.4, -0.2) is 24.9 Å². The smallest absolute Gasteiger partial charge is 0.323 e. The van der Waals surface area contributed by atoms with Crippen LogP contribution in [0.25, 0.3) is 22.3 Å². The van der Waals surface area contributed by atoms with Crippen LogP contribution in [0.2, 0.25) is 0 Å². The summed E-state index contributed by atoms with van der Waals surface area (Å²) in [6, 6.07) is 6.43. The van der Waals surface area contributed by atoms with Crippen LogP contribution in [0.5, 0.6) is 0 Å². The van der Waals surface area contributed by atoms with Gasteiger partial charge in [0.1, 0.15) is 0 Å². The molecule has 29 heavy (non-hydrogen) atoms. The number of nitrogens with one attached hydrogen (secondary N) is 1. The molecule has 0 spiro atoms. The van der Waals surface area contributed by atoms with E-state index in [2.05, 4.69) is 30.2 Å². The molecule has 0 unspecified atom stereocenters. The zero-order chi connectivity index (χ0) is 20.6. The molecular formula is C19H12F4N6. The Labute approximate surface area is 161 Å². The molecule has 0 saturated heterocycles. The molecule has 0 fully saturated rings. The van der Waals surface area contributed by atoms with E-state index in [4.69, 9.17) is 0 Å². The quantitative estimate of drug-likeness (QED) is 0.397. The predicted octanol–water partition coefficient (Wildman–Crippen LogP) is 4.69. The zero-order valence-corrected chi connectivity index (χ0v) is 14.9. The lowest BCUT2D eigenvalue weighted by Crippen LogP contribution is -2.07. The molecule has 0 radical (unpaired) electrons. The Kier molecular flexibility index (Phi) is 4.53. The van der Waals surface area contributed by atoms with Crippen LogP contribution in [0.4, 0.5) is 29.2 Å². The molecule has 0 amide bonds. The van der Waals surface area contributed by atoms with E-state index >= 15 is 0 Å². The second-order valence-electron chi connectivity index (χ2n) is 6.17. The van der Waals surface area contributed by atoms with Crippen LogP contribution in [0.15, 0.2) is 49.1 Å². The van der Waals surface area contributed by atoms with Crippen LogP contribution in [0.1, 0.15) is 11.1 Å². The van der Waals surface area contributed by atoms with Crippen molar-refractivity contribution < 1.29 is 17.6 Å². The Bertz CT molecular complexity index is 1190. The largest absolute Gasteiger partial charge is 0.419 e. The molecule has 4 rings (SSSR count). The molecule has 0 bridgehead atoms. The second-order valence-corrected chi connectivity index (χ2v) is 6.17. The van der Waals surface area contributed by atoms with Gasteiger partial charge in [0.25, 0.3) is 0 Å². The predicted molar refractivity (Wildman–Crippen MR) is 97.8 cm³/mol. The Balaban J connectivity index is 1.68. The van der Waals surface area contributed by atoms with Crippen LogP contribution < -0.4 is 5.32 Å². The van der Waals surface area contributed by atoms with E-state index in [1.54, 1.807) is 25.1 Å².